The van der Waals surface area contributed by atoms with Crippen LogP contribution in [0.4, 0.5) is 57.1 Å². The number of hydrogen-bond acceptors (Lipinski definition) is 3. The molecule has 0 aromatic heterocycles. The average molecular weight is 696 g/mol. The van der Waals surface area contributed by atoms with Gasteiger partial charge in [-0.1, -0.05) is 23.7 Å². The molecule has 4 nitrogen and oxygen atoms in total. The minimum absolute atomic E-state index is 0.0493. The van der Waals surface area contributed by atoms with Crippen LogP contribution in [0.2, 0.25) is 5.02 Å². The van der Waals surface area contributed by atoms with E-state index in [1.54, 1.807) is 5.32 Å². The number of rotatable bonds is 9. The molecule has 19 heteroatoms. The number of carbonyl (C=O) groups is 1. The Bertz CT molecular complexity index is 1490. The van der Waals surface area contributed by atoms with E-state index in [-0.39, 0.29) is 12.1 Å². The van der Waals surface area contributed by atoms with Gasteiger partial charge in [-0.05, 0) is 48.4 Å². The molecule has 0 aliphatic rings. The van der Waals surface area contributed by atoms with Crippen LogP contribution in [0.1, 0.15) is 45.5 Å². The summed E-state index contributed by atoms with van der Waals surface area (Å²) in [5.74, 6) is -10.1. The van der Waals surface area contributed by atoms with Gasteiger partial charge in [0.25, 0.3) is 5.91 Å². The van der Waals surface area contributed by atoms with Crippen LogP contribution >= 0.6 is 11.6 Å². The molecule has 0 saturated heterocycles. The number of halogens is 14. The van der Waals surface area contributed by atoms with Crippen LogP contribution in [0.25, 0.3) is 5.83 Å². The van der Waals surface area contributed by atoms with Crippen LogP contribution in [0, 0.1) is 0 Å². The Morgan fingerprint density at radius 1 is 0.909 bits per heavy atom. The second-order valence-electron chi connectivity index (χ2n) is 9.52. The molecule has 1 N–H and O–H groups in total. The van der Waals surface area contributed by atoms with Gasteiger partial charge in [0.2, 0.25) is 0 Å². The molecule has 0 spiro atoms. The third kappa shape index (κ3) is 11.5. The molecular formula is C25H19ClF13NO3S. The Labute approximate surface area is 245 Å². The molecule has 44 heavy (non-hydrogen) atoms. The smallest absolute Gasteiger partial charge is 0.349 e. The van der Waals surface area contributed by atoms with Crippen molar-refractivity contribution in [3.8, 4) is 0 Å². The number of carbonyl (C=O) groups excluding carboxylic acids is 1. The topological polar surface area (TPSA) is 63.2 Å². The SMILES string of the molecule is C[C@H](CS(=O)(=O)CC(F)(F)F)NC(=O)c1ccc(/C(F)=C/C(c2cc(Cl)cc(CC(F)(F)F)c2)C(F)(F)F)cc1C(F)(F)F. The first kappa shape index (κ1) is 37.2. The summed E-state index contributed by atoms with van der Waals surface area (Å²) in [6.45, 7) is 0.878. The van der Waals surface area contributed by atoms with Crippen molar-refractivity contribution in [3.63, 3.8) is 0 Å². The Morgan fingerprint density at radius 3 is 2.00 bits per heavy atom. The summed E-state index contributed by atoms with van der Waals surface area (Å²) >= 11 is 5.65. The molecule has 0 heterocycles. The van der Waals surface area contributed by atoms with Gasteiger partial charge in [0.1, 0.15) is 17.5 Å². The van der Waals surface area contributed by atoms with E-state index >= 15 is 4.39 Å². The van der Waals surface area contributed by atoms with E-state index in [1.165, 1.54) is 0 Å². The number of nitrogens with one attached hydrogen (secondary N) is 1. The predicted molar refractivity (Wildman–Crippen MR) is 132 cm³/mol. The number of benzene rings is 2. The molecule has 1 amide bonds. The number of sulfone groups is 1. The molecule has 0 aliphatic heterocycles. The first-order valence-electron chi connectivity index (χ1n) is 11.8. The van der Waals surface area contributed by atoms with Gasteiger partial charge < -0.3 is 5.32 Å². The van der Waals surface area contributed by atoms with Crippen LogP contribution in [0.15, 0.2) is 42.5 Å². The van der Waals surface area contributed by atoms with Gasteiger partial charge in [-0.2, -0.15) is 52.7 Å². The molecule has 0 saturated carbocycles. The van der Waals surface area contributed by atoms with Gasteiger partial charge in [-0.25, -0.2) is 12.8 Å². The summed E-state index contributed by atoms with van der Waals surface area (Å²) in [6.07, 6.45) is -22.7. The minimum atomic E-state index is -5.45. The average Bonchev–Trinajstić information content (AvgIpc) is 2.76. The molecule has 0 bridgehead atoms. The Hall–Kier alpha value is -3.02. The lowest BCUT2D eigenvalue weighted by Crippen LogP contribution is -2.40. The van der Waals surface area contributed by atoms with Crippen molar-refractivity contribution in [1.82, 2.24) is 5.32 Å². The maximum Gasteiger partial charge on any atom is 0.417 e. The molecule has 2 atom stereocenters. The van der Waals surface area contributed by atoms with Gasteiger partial charge in [-0.3, -0.25) is 4.79 Å². The van der Waals surface area contributed by atoms with Crippen molar-refractivity contribution < 1.29 is 70.3 Å². The number of allylic oxidation sites excluding steroid dienone is 1. The number of amides is 1. The minimum Gasteiger partial charge on any atom is -0.349 e. The van der Waals surface area contributed by atoms with Gasteiger partial charge in [0.05, 0.1) is 23.3 Å². The molecule has 2 aromatic carbocycles. The summed E-state index contributed by atoms with van der Waals surface area (Å²) in [5, 5.41) is 1.19. The summed E-state index contributed by atoms with van der Waals surface area (Å²) in [4.78, 5) is 12.5. The summed E-state index contributed by atoms with van der Waals surface area (Å²) in [5.41, 5.74) is -5.98. The lowest BCUT2D eigenvalue weighted by molar-refractivity contribution is -0.140. The van der Waals surface area contributed by atoms with E-state index in [0.717, 1.165) is 13.0 Å². The maximum atomic E-state index is 15.0. The van der Waals surface area contributed by atoms with Crippen LogP contribution in [0.5, 0.6) is 0 Å². The zero-order valence-corrected chi connectivity index (χ0v) is 23.3. The molecular weight excluding hydrogens is 677 g/mol. The van der Waals surface area contributed by atoms with E-state index in [1.807, 2.05) is 0 Å². The van der Waals surface area contributed by atoms with Crippen molar-refractivity contribution in [3.05, 3.63) is 75.3 Å². The zero-order valence-electron chi connectivity index (χ0n) is 21.7. The summed E-state index contributed by atoms with van der Waals surface area (Å²) < 4.78 is 197. The van der Waals surface area contributed by atoms with Crippen LogP contribution in [0.3, 0.4) is 0 Å². The van der Waals surface area contributed by atoms with Gasteiger partial charge in [-0.15, -0.1) is 0 Å². The summed E-state index contributed by atoms with van der Waals surface area (Å²) in [7, 11) is -4.86. The molecule has 0 radical (unpaired) electrons. The Kier molecular flexibility index (Phi) is 11.1. The van der Waals surface area contributed by atoms with Crippen LogP contribution < -0.4 is 5.32 Å². The Balaban J connectivity index is 2.49. The van der Waals surface area contributed by atoms with Gasteiger partial charge >= 0.3 is 24.7 Å². The van der Waals surface area contributed by atoms with Crippen molar-refractivity contribution in [2.75, 3.05) is 11.5 Å². The fourth-order valence-corrected chi connectivity index (χ4v) is 5.70. The highest BCUT2D eigenvalue weighted by Crippen LogP contribution is 2.41. The fourth-order valence-electron chi connectivity index (χ4n) is 3.97. The highest BCUT2D eigenvalue weighted by atomic mass is 35.5. The molecule has 2 aromatic rings. The monoisotopic (exact) mass is 695 g/mol. The maximum absolute atomic E-state index is 15.0. The normalized spacial score (nSPS) is 15.2. The third-order valence-corrected chi connectivity index (χ3v) is 7.51. The zero-order chi connectivity index (χ0) is 34.1. The first-order chi connectivity index (χ1) is 19.7. The van der Waals surface area contributed by atoms with E-state index in [2.05, 4.69) is 0 Å². The predicted octanol–water partition coefficient (Wildman–Crippen LogP) is 8.22. The molecule has 2 rings (SSSR count). The lowest BCUT2D eigenvalue weighted by Gasteiger charge is -2.20. The van der Waals surface area contributed by atoms with Crippen molar-refractivity contribution in [2.45, 2.75) is 50.0 Å². The molecule has 0 fully saturated rings. The van der Waals surface area contributed by atoms with Gasteiger partial charge in [0.15, 0.2) is 9.84 Å². The highest BCUT2D eigenvalue weighted by molar-refractivity contribution is 7.91. The van der Waals surface area contributed by atoms with Crippen molar-refractivity contribution in [2.24, 2.45) is 0 Å². The fraction of sp³-hybridized carbons (Fsp3) is 0.400. The quantitative estimate of drug-likeness (QED) is 0.269. The van der Waals surface area contributed by atoms with Crippen LogP contribution in [-0.4, -0.2) is 50.4 Å². The first-order valence-corrected chi connectivity index (χ1v) is 14.0. The lowest BCUT2D eigenvalue weighted by atomic mass is 9.93. The van der Waals surface area contributed by atoms with E-state index in [9.17, 15) is 65.9 Å². The largest absolute Gasteiger partial charge is 0.417 e. The second-order valence-corrected chi connectivity index (χ2v) is 12.1. The molecule has 246 valence electrons. The third-order valence-electron chi connectivity index (χ3n) is 5.52. The van der Waals surface area contributed by atoms with E-state index < -0.39 is 109 Å². The van der Waals surface area contributed by atoms with Gasteiger partial charge in [0, 0.05) is 16.6 Å². The highest BCUT2D eigenvalue weighted by Gasteiger charge is 2.41. The standard InChI is InChI=1S/C25H19ClF13NO3S/c1-12(10-44(42,43)11-23(31,32)33)40-21(41)17-3-2-14(7-19(17)25(37,38)39)20(27)8-18(24(34,35)36)15-4-13(5-16(26)6-15)9-22(28,29)30/h2-8,12,18H,9-11H2,1H3,(H,40,41)/b20-8-/t12-,18?/m1/s1. The van der Waals surface area contributed by atoms with E-state index in [4.69, 9.17) is 11.6 Å². The number of alkyl halides is 12. The molecule has 1 unspecified atom stereocenters. The van der Waals surface area contributed by atoms with Crippen LogP contribution in [-0.2, 0) is 22.4 Å². The van der Waals surface area contributed by atoms with Crippen molar-refractivity contribution >= 4 is 33.2 Å². The van der Waals surface area contributed by atoms with Crippen molar-refractivity contribution in [1.29, 1.82) is 0 Å². The Morgan fingerprint density at radius 2 is 1.50 bits per heavy atom. The van der Waals surface area contributed by atoms with E-state index in [0.29, 0.717) is 24.3 Å². The molecule has 0 aliphatic carbocycles. The summed E-state index contributed by atoms with van der Waals surface area (Å²) in [6, 6.07) is 0.868. The second kappa shape index (κ2) is 13.1. The number of hydrogen-bond donors (Lipinski definition) is 1.